The molecule has 1 aromatic carbocycles. The number of nitrogens with one attached hydrogen (secondary N) is 1. The van der Waals surface area contributed by atoms with Gasteiger partial charge in [-0.15, -0.1) is 21.5 Å². The molecular weight excluding hydrogens is 366 g/mol. The van der Waals surface area contributed by atoms with Crippen molar-refractivity contribution in [1.29, 1.82) is 0 Å². The van der Waals surface area contributed by atoms with Crippen LogP contribution in [-0.4, -0.2) is 32.6 Å². The number of aryl methyl sites for hydroxylation is 1. The third kappa shape index (κ3) is 4.59. The molecule has 0 aliphatic heterocycles. The van der Waals surface area contributed by atoms with Gasteiger partial charge in [0.25, 0.3) is 5.91 Å². The summed E-state index contributed by atoms with van der Waals surface area (Å²) in [7, 11) is 0. The first-order chi connectivity index (χ1) is 12.7. The maximum atomic E-state index is 12.0. The van der Waals surface area contributed by atoms with Crippen LogP contribution in [0.25, 0.3) is 11.4 Å². The summed E-state index contributed by atoms with van der Waals surface area (Å²) in [6, 6.07) is 13.9. The van der Waals surface area contributed by atoms with Gasteiger partial charge in [-0.1, -0.05) is 42.1 Å². The summed E-state index contributed by atoms with van der Waals surface area (Å²) in [4.78, 5) is 14.2. The summed E-state index contributed by atoms with van der Waals surface area (Å²) in [6.45, 7) is 4.80. The highest BCUT2D eigenvalue weighted by Gasteiger charge is 2.14. The lowest BCUT2D eigenvalue weighted by atomic mass is 10.2. The van der Waals surface area contributed by atoms with Gasteiger partial charge in [-0.2, -0.15) is 5.10 Å². The highest BCUT2D eigenvalue weighted by atomic mass is 32.2. The lowest BCUT2D eigenvalue weighted by molar-refractivity contribution is -0.118. The first-order valence-corrected chi connectivity index (χ1v) is 9.97. The first kappa shape index (κ1) is 18.3. The summed E-state index contributed by atoms with van der Waals surface area (Å²) in [5.41, 5.74) is 3.55. The van der Waals surface area contributed by atoms with Crippen molar-refractivity contribution in [3.8, 4) is 11.4 Å². The molecule has 3 rings (SSSR count). The molecule has 0 saturated carbocycles. The summed E-state index contributed by atoms with van der Waals surface area (Å²) < 4.78 is 2.00. The average molecular weight is 386 g/mol. The smallest absolute Gasteiger partial charge is 0.250 e. The molecule has 0 bridgehead atoms. The minimum Gasteiger partial charge on any atom is -0.302 e. The fourth-order valence-electron chi connectivity index (χ4n) is 2.33. The highest BCUT2D eigenvalue weighted by molar-refractivity contribution is 7.99. The second-order valence-electron chi connectivity index (χ2n) is 5.45. The van der Waals surface area contributed by atoms with E-state index in [0.717, 1.165) is 28.0 Å². The number of thioether (sulfide) groups is 1. The van der Waals surface area contributed by atoms with Crippen LogP contribution in [0.2, 0.25) is 0 Å². The molecule has 0 aliphatic rings. The van der Waals surface area contributed by atoms with E-state index in [1.165, 1.54) is 16.6 Å². The van der Waals surface area contributed by atoms with Gasteiger partial charge in [0.15, 0.2) is 11.0 Å². The van der Waals surface area contributed by atoms with Crippen LogP contribution in [0.4, 0.5) is 0 Å². The predicted octanol–water partition coefficient (Wildman–Crippen LogP) is 3.58. The molecular formula is C18H19N5OS2. The van der Waals surface area contributed by atoms with Crippen molar-refractivity contribution in [2.45, 2.75) is 25.5 Å². The standard InChI is InChI=1S/C18H19N5OS2/c1-3-23-17(14-7-5-4-6-8-14)21-22-18(23)25-12-16(24)20-19-11-15-10-9-13(2)26-15/h4-11H,3,12H2,1-2H3,(H,20,24)/b19-11-. The van der Waals surface area contributed by atoms with Crippen molar-refractivity contribution in [3.05, 3.63) is 52.2 Å². The highest BCUT2D eigenvalue weighted by Crippen LogP contribution is 2.23. The molecule has 8 heteroatoms. The Morgan fingerprint density at radius 2 is 2.08 bits per heavy atom. The van der Waals surface area contributed by atoms with Gasteiger partial charge >= 0.3 is 0 Å². The maximum Gasteiger partial charge on any atom is 0.250 e. The molecule has 26 heavy (non-hydrogen) atoms. The van der Waals surface area contributed by atoms with Gasteiger partial charge in [-0.25, -0.2) is 5.43 Å². The number of rotatable bonds is 7. The van der Waals surface area contributed by atoms with E-state index < -0.39 is 0 Å². The van der Waals surface area contributed by atoms with Crippen molar-refractivity contribution in [2.75, 3.05) is 5.75 Å². The van der Waals surface area contributed by atoms with Gasteiger partial charge in [0.1, 0.15) is 0 Å². The molecule has 0 saturated heterocycles. The Morgan fingerprint density at radius 1 is 1.27 bits per heavy atom. The molecule has 0 unspecified atom stereocenters. The zero-order valence-corrected chi connectivity index (χ0v) is 16.2. The predicted molar refractivity (Wildman–Crippen MR) is 107 cm³/mol. The zero-order chi connectivity index (χ0) is 18.4. The fourth-order valence-corrected chi connectivity index (χ4v) is 3.88. The summed E-state index contributed by atoms with van der Waals surface area (Å²) >= 11 is 2.98. The molecule has 2 aromatic heterocycles. The molecule has 0 atom stereocenters. The van der Waals surface area contributed by atoms with Crippen molar-refractivity contribution in [1.82, 2.24) is 20.2 Å². The molecule has 134 valence electrons. The Labute approximate surface area is 160 Å². The fraction of sp³-hybridized carbons (Fsp3) is 0.222. The van der Waals surface area contributed by atoms with Crippen LogP contribution in [-0.2, 0) is 11.3 Å². The van der Waals surface area contributed by atoms with Gasteiger partial charge in [0.05, 0.1) is 12.0 Å². The van der Waals surface area contributed by atoms with Crippen LogP contribution in [0.3, 0.4) is 0 Å². The topological polar surface area (TPSA) is 72.2 Å². The molecule has 0 fully saturated rings. The number of nitrogens with zero attached hydrogens (tertiary/aromatic N) is 4. The normalized spacial score (nSPS) is 11.2. The quantitative estimate of drug-likeness (QED) is 0.383. The van der Waals surface area contributed by atoms with Crippen LogP contribution >= 0.6 is 23.1 Å². The van der Waals surface area contributed by atoms with E-state index in [1.54, 1.807) is 17.6 Å². The lowest BCUT2D eigenvalue weighted by Gasteiger charge is -2.06. The average Bonchev–Trinajstić information content (AvgIpc) is 3.26. The number of thiophene rings is 1. The Balaban J connectivity index is 1.58. The zero-order valence-electron chi connectivity index (χ0n) is 14.5. The second-order valence-corrected chi connectivity index (χ2v) is 7.71. The maximum absolute atomic E-state index is 12.0. The van der Waals surface area contributed by atoms with Gasteiger partial charge in [-0.3, -0.25) is 4.79 Å². The minimum absolute atomic E-state index is 0.175. The van der Waals surface area contributed by atoms with Crippen LogP contribution in [0.15, 0.2) is 52.7 Å². The third-order valence-electron chi connectivity index (χ3n) is 3.54. The number of carbonyl (C=O) groups is 1. The molecule has 0 radical (unpaired) electrons. The van der Waals surface area contributed by atoms with E-state index in [2.05, 4.69) is 20.7 Å². The van der Waals surface area contributed by atoms with Crippen LogP contribution in [0.5, 0.6) is 0 Å². The largest absolute Gasteiger partial charge is 0.302 e. The van der Waals surface area contributed by atoms with Gasteiger partial charge in [0, 0.05) is 21.9 Å². The number of carbonyl (C=O) groups excluding carboxylic acids is 1. The Morgan fingerprint density at radius 3 is 2.77 bits per heavy atom. The molecule has 0 aliphatic carbocycles. The van der Waals surface area contributed by atoms with Crippen molar-refractivity contribution < 1.29 is 4.79 Å². The number of aromatic nitrogens is 3. The number of amides is 1. The molecule has 3 aromatic rings. The third-order valence-corrected chi connectivity index (χ3v) is 5.44. The van der Waals surface area contributed by atoms with E-state index in [4.69, 9.17) is 0 Å². The monoisotopic (exact) mass is 385 g/mol. The van der Waals surface area contributed by atoms with E-state index in [0.29, 0.717) is 0 Å². The molecule has 0 spiro atoms. The van der Waals surface area contributed by atoms with E-state index >= 15 is 0 Å². The number of hydrogen-bond donors (Lipinski definition) is 1. The Kier molecular flexibility index (Phi) is 6.19. The lowest BCUT2D eigenvalue weighted by Crippen LogP contribution is -2.19. The SMILES string of the molecule is CCn1c(SCC(=O)N/N=C\c2ccc(C)s2)nnc1-c1ccccc1. The number of hydrazone groups is 1. The van der Waals surface area contributed by atoms with Crippen molar-refractivity contribution in [3.63, 3.8) is 0 Å². The second kappa shape index (κ2) is 8.77. The molecule has 1 amide bonds. The van der Waals surface area contributed by atoms with Crippen LogP contribution in [0, 0.1) is 6.92 Å². The van der Waals surface area contributed by atoms with Gasteiger partial charge in [-0.05, 0) is 26.0 Å². The summed E-state index contributed by atoms with van der Waals surface area (Å²) in [5.74, 6) is 0.863. The number of benzene rings is 1. The van der Waals surface area contributed by atoms with Crippen molar-refractivity contribution in [2.24, 2.45) is 5.10 Å². The minimum atomic E-state index is -0.175. The Hall–Kier alpha value is -2.45. The van der Waals surface area contributed by atoms with E-state index in [1.807, 2.05) is 60.9 Å². The van der Waals surface area contributed by atoms with E-state index in [-0.39, 0.29) is 11.7 Å². The summed E-state index contributed by atoms with van der Waals surface area (Å²) in [5, 5.41) is 13.2. The molecule has 2 heterocycles. The first-order valence-electron chi connectivity index (χ1n) is 8.17. The van der Waals surface area contributed by atoms with Gasteiger partial charge < -0.3 is 4.57 Å². The number of hydrogen-bond acceptors (Lipinski definition) is 6. The van der Waals surface area contributed by atoms with Gasteiger partial charge in [0.2, 0.25) is 0 Å². The van der Waals surface area contributed by atoms with Crippen molar-refractivity contribution >= 4 is 35.2 Å². The van der Waals surface area contributed by atoms with E-state index in [9.17, 15) is 4.79 Å². The van der Waals surface area contributed by atoms with Crippen LogP contribution in [0.1, 0.15) is 16.7 Å². The molecule has 6 nitrogen and oxygen atoms in total. The van der Waals surface area contributed by atoms with Crippen LogP contribution < -0.4 is 5.43 Å². The molecule has 1 N–H and O–H groups in total. The Bertz CT molecular complexity index is 901. The summed E-state index contributed by atoms with van der Waals surface area (Å²) in [6.07, 6.45) is 1.66.